The molecule has 2 unspecified atom stereocenters. The zero-order chi connectivity index (χ0) is 13.5. The zero-order valence-corrected chi connectivity index (χ0v) is 10.1. The third-order valence-electron chi connectivity index (χ3n) is 2.60. The summed E-state index contributed by atoms with van der Waals surface area (Å²) in [5, 5.41) is 2.35. The average Bonchev–Trinajstić information content (AvgIpc) is 2.38. The molecule has 1 saturated heterocycles. The van der Waals surface area contributed by atoms with Gasteiger partial charge in [0, 0.05) is 13.0 Å². The van der Waals surface area contributed by atoms with Crippen LogP contribution >= 0.6 is 0 Å². The van der Waals surface area contributed by atoms with Crippen LogP contribution in [0.5, 0.6) is 0 Å². The number of nitrogens with two attached hydrogens (primary N) is 1. The van der Waals surface area contributed by atoms with Crippen molar-refractivity contribution in [1.82, 2.24) is 5.32 Å². The van der Waals surface area contributed by atoms with E-state index >= 15 is 0 Å². The van der Waals surface area contributed by atoms with Crippen LogP contribution < -0.4 is 11.1 Å². The summed E-state index contributed by atoms with van der Waals surface area (Å²) in [5.74, 6) is -1.19. The van der Waals surface area contributed by atoms with Gasteiger partial charge in [-0.3, -0.25) is 14.4 Å². The van der Waals surface area contributed by atoms with Gasteiger partial charge in [0.05, 0.1) is 18.9 Å². The second-order valence-electron chi connectivity index (χ2n) is 3.83. The second-order valence-corrected chi connectivity index (χ2v) is 3.83. The quantitative estimate of drug-likeness (QED) is 0.484. The molecule has 1 aliphatic heterocycles. The minimum atomic E-state index is -0.420. The average molecular weight is 252 g/mol. The van der Waals surface area contributed by atoms with E-state index in [0.717, 1.165) is 0 Å². The van der Waals surface area contributed by atoms with Crippen molar-refractivity contribution in [3.8, 4) is 0 Å². The molecule has 2 aliphatic rings. The van der Waals surface area contributed by atoms with Gasteiger partial charge in [0.15, 0.2) is 0 Å². The number of rotatable bonds is 1. The highest BCUT2D eigenvalue weighted by Gasteiger charge is 2.35. The second kappa shape index (κ2) is 6.70. The highest BCUT2D eigenvalue weighted by atomic mass is 16.6. The third kappa shape index (κ3) is 3.81. The molecule has 0 aromatic heterocycles. The van der Waals surface area contributed by atoms with Crippen molar-refractivity contribution in [2.45, 2.75) is 6.42 Å². The van der Waals surface area contributed by atoms with E-state index in [9.17, 15) is 14.4 Å². The van der Waals surface area contributed by atoms with Crippen LogP contribution in [0.3, 0.4) is 0 Å². The van der Waals surface area contributed by atoms with E-state index in [0.29, 0.717) is 6.42 Å². The number of hydrogen-bond donors (Lipinski definition) is 2. The normalized spacial score (nSPS) is 24.6. The van der Waals surface area contributed by atoms with Crippen molar-refractivity contribution in [1.29, 1.82) is 0 Å². The van der Waals surface area contributed by atoms with Crippen LogP contribution in [0.2, 0.25) is 0 Å². The predicted octanol–water partition coefficient (Wildman–Crippen LogP) is -0.491. The maximum atomic E-state index is 11.1. The van der Waals surface area contributed by atoms with Crippen LogP contribution in [-0.4, -0.2) is 31.4 Å². The molecule has 0 aromatic rings. The number of hydrogen-bond acceptors (Lipinski definition) is 5. The van der Waals surface area contributed by atoms with Gasteiger partial charge in [-0.2, -0.15) is 0 Å². The molecule has 0 spiro atoms. The van der Waals surface area contributed by atoms with Gasteiger partial charge in [-0.05, 0) is 0 Å². The molecule has 2 rings (SSSR count). The third-order valence-corrected chi connectivity index (χ3v) is 2.60. The number of ether oxygens (including phenoxy) is 1. The summed E-state index contributed by atoms with van der Waals surface area (Å²) in [7, 11) is 1.55. The first-order valence-electron chi connectivity index (χ1n) is 5.58. The van der Waals surface area contributed by atoms with E-state index in [1.165, 1.54) is 0 Å². The Morgan fingerprint density at radius 3 is 2.67 bits per heavy atom. The Morgan fingerprint density at radius 1 is 1.44 bits per heavy atom. The Labute approximate surface area is 105 Å². The lowest BCUT2D eigenvalue weighted by Crippen LogP contribution is -2.34. The first kappa shape index (κ1) is 14.1. The Hall–Kier alpha value is -1.95. The SMILES string of the molecule is CNC(=O)CN.O=C1CC2C=CC=CC2C(=O)O1. The molecule has 18 heavy (non-hydrogen) atoms. The molecule has 1 heterocycles. The molecule has 2 atom stereocenters. The maximum Gasteiger partial charge on any atom is 0.321 e. The number of fused-ring (bicyclic) bond motifs is 1. The summed E-state index contributed by atoms with van der Waals surface area (Å²) >= 11 is 0. The number of carbonyl (C=O) groups is 3. The topological polar surface area (TPSA) is 98.5 Å². The number of amides is 1. The first-order valence-corrected chi connectivity index (χ1v) is 5.58. The molecule has 98 valence electrons. The highest BCUT2D eigenvalue weighted by Crippen LogP contribution is 2.28. The number of likely N-dealkylation sites (N-methyl/N-ethyl adjacent to an activating group) is 1. The van der Waals surface area contributed by atoms with Crippen molar-refractivity contribution in [2.75, 3.05) is 13.6 Å². The number of nitrogens with one attached hydrogen (secondary N) is 1. The van der Waals surface area contributed by atoms with Crippen LogP contribution in [0.25, 0.3) is 0 Å². The Morgan fingerprint density at radius 2 is 2.11 bits per heavy atom. The molecule has 3 N–H and O–H groups in total. The lowest BCUT2D eigenvalue weighted by Gasteiger charge is -2.25. The number of cyclic esters (lactones) is 2. The summed E-state index contributed by atoms with van der Waals surface area (Å²) in [6.45, 7) is 0.0799. The summed E-state index contributed by atoms with van der Waals surface area (Å²) in [6.07, 6.45) is 7.63. The van der Waals surface area contributed by atoms with E-state index in [2.05, 4.69) is 10.1 Å². The van der Waals surface area contributed by atoms with Crippen molar-refractivity contribution < 1.29 is 19.1 Å². The molecular weight excluding hydrogens is 236 g/mol. The Kier molecular flexibility index (Phi) is 5.26. The molecule has 1 amide bonds. The lowest BCUT2D eigenvalue weighted by atomic mass is 9.84. The highest BCUT2D eigenvalue weighted by molar-refractivity contribution is 5.91. The molecule has 6 nitrogen and oxygen atoms in total. The molecule has 0 bridgehead atoms. The van der Waals surface area contributed by atoms with E-state index in [-0.39, 0.29) is 24.3 Å². The Bertz CT molecular complexity index is 395. The van der Waals surface area contributed by atoms with E-state index in [1.54, 1.807) is 19.2 Å². The largest absolute Gasteiger partial charge is 0.393 e. The summed E-state index contributed by atoms with van der Waals surface area (Å²) in [4.78, 5) is 31.9. The van der Waals surface area contributed by atoms with Crippen molar-refractivity contribution >= 4 is 17.8 Å². The first-order chi connectivity index (χ1) is 8.58. The van der Waals surface area contributed by atoms with Crippen molar-refractivity contribution in [2.24, 2.45) is 17.6 Å². The Balaban J connectivity index is 0.000000232. The van der Waals surface area contributed by atoms with Gasteiger partial charge in [0.1, 0.15) is 0 Å². The molecular formula is C12H16N2O4. The van der Waals surface area contributed by atoms with Gasteiger partial charge in [0.25, 0.3) is 0 Å². The van der Waals surface area contributed by atoms with Gasteiger partial charge in [0.2, 0.25) is 5.91 Å². The van der Waals surface area contributed by atoms with Crippen LogP contribution in [0.4, 0.5) is 0 Å². The monoisotopic (exact) mass is 252 g/mol. The number of allylic oxidation sites excluding steroid dienone is 3. The van der Waals surface area contributed by atoms with Gasteiger partial charge in [-0.15, -0.1) is 0 Å². The van der Waals surface area contributed by atoms with E-state index in [1.807, 2.05) is 12.2 Å². The molecule has 0 radical (unpaired) electrons. The molecule has 6 heteroatoms. The summed E-state index contributed by atoms with van der Waals surface area (Å²) in [6, 6.07) is 0. The van der Waals surface area contributed by atoms with Crippen LogP contribution in [0, 0.1) is 11.8 Å². The number of esters is 2. The van der Waals surface area contributed by atoms with Gasteiger partial charge < -0.3 is 15.8 Å². The van der Waals surface area contributed by atoms with Gasteiger partial charge >= 0.3 is 11.9 Å². The summed E-state index contributed by atoms with van der Waals surface area (Å²) < 4.78 is 4.49. The zero-order valence-electron chi connectivity index (χ0n) is 10.1. The fourth-order valence-electron chi connectivity index (χ4n) is 1.62. The van der Waals surface area contributed by atoms with Gasteiger partial charge in [-0.1, -0.05) is 24.3 Å². The standard InChI is InChI=1S/C9H8O3.C3H8N2O/c10-8-5-6-3-1-2-4-7(6)9(11)12-8;1-5-3(6)2-4/h1-4,6-7H,5H2;2,4H2,1H3,(H,5,6). The molecule has 1 aliphatic carbocycles. The molecule has 1 fully saturated rings. The van der Waals surface area contributed by atoms with Crippen molar-refractivity contribution in [3.05, 3.63) is 24.3 Å². The molecule has 0 aromatic carbocycles. The van der Waals surface area contributed by atoms with E-state index in [4.69, 9.17) is 5.73 Å². The lowest BCUT2D eigenvalue weighted by molar-refractivity contribution is -0.167. The van der Waals surface area contributed by atoms with Crippen LogP contribution in [-0.2, 0) is 19.1 Å². The molecule has 0 saturated carbocycles. The van der Waals surface area contributed by atoms with Crippen LogP contribution in [0.1, 0.15) is 6.42 Å². The van der Waals surface area contributed by atoms with Gasteiger partial charge in [-0.25, -0.2) is 0 Å². The van der Waals surface area contributed by atoms with E-state index < -0.39 is 11.9 Å². The minimum absolute atomic E-state index is 0.0174. The smallest absolute Gasteiger partial charge is 0.321 e. The number of carbonyl (C=O) groups excluding carboxylic acids is 3. The summed E-state index contributed by atoms with van der Waals surface area (Å²) in [5.41, 5.74) is 4.87. The maximum absolute atomic E-state index is 11.1. The van der Waals surface area contributed by atoms with Crippen LogP contribution in [0.15, 0.2) is 24.3 Å². The fourth-order valence-corrected chi connectivity index (χ4v) is 1.62. The predicted molar refractivity (Wildman–Crippen MR) is 64.1 cm³/mol. The van der Waals surface area contributed by atoms with Crippen molar-refractivity contribution in [3.63, 3.8) is 0 Å². The minimum Gasteiger partial charge on any atom is -0.393 e. The fraction of sp³-hybridized carbons (Fsp3) is 0.417.